The van der Waals surface area contributed by atoms with Gasteiger partial charge in [0.05, 0.1) is 19.8 Å². The highest BCUT2D eigenvalue weighted by molar-refractivity contribution is 7.87. The van der Waals surface area contributed by atoms with Crippen molar-refractivity contribution in [3.05, 3.63) is 71.8 Å². The first-order chi connectivity index (χ1) is 14.7. The number of rotatable bonds is 9. The third-order valence-electron chi connectivity index (χ3n) is 4.49. The van der Waals surface area contributed by atoms with Crippen molar-refractivity contribution in [2.75, 3.05) is 6.61 Å². The molecule has 4 atom stereocenters. The number of ether oxygens (including phenoxy) is 3. The molecule has 7 nitrogen and oxygen atoms in total. The van der Waals surface area contributed by atoms with Gasteiger partial charge in [0.15, 0.2) is 12.4 Å². The highest BCUT2D eigenvalue weighted by atomic mass is 32.2. The van der Waals surface area contributed by atoms with Crippen LogP contribution in [0.5, 0.6) is 0 Å². The van der Waals surface area contributed by atoms with E-state index in [1.165, 1.54) is 0 Å². The van der Waals surface area contributed by atoms with E-state index < -0.39 is 40.2 Å². The van der Waals surface area contributed by atoms with Gasteiger partial charge in [-0.3, -0.25) is 4.18 Å². The van der Waals surface area contributed by atoms with Gasteiger partial charge in [-0.2, -0.15) is 21.6 Å². The molecule has 1 unspecified atom stereocenters. The van der Waals surface area contributed by atoms with Crippen LogP contribution in [0.25, 0.3) is 0 Å². The molecule has 1 aliphatic heterocycles. The van der Waals surface area contributed by atoms with Crippen LogP contribution in [0.2, 0.25) is 0 Å². The topological polar surface area (TPSA) is 91.3 Å². The van der Waals surface area contributed by atoms with E-state index in [1.54, 1.807) is 30.3 Å². The minimum Gasteiger partial charge on any atom is -0.374 e. The zero-order chi connectivity index (χ0) is 22.5. The van der Waals surface area contributed by atoms with Crippen LogP contribution in [0, 0.1) is 0 Å². The van der Waals surface area contributed by atoms with Crippen LogP contribution in [0.3, 0.4) is 0 Å². The zero-order valence-corrected chi connectivity index (χ0v) is 17.0. The van der Waals surface area contributed by atoms with Gasteiger partial charge in [-0.15, -0.1) is 0 Å². The maximum atomic E-state index is 12.8. The number of benzene rings is 2. The van der Waals surface area contributed by atoms with Gasteiger partial charge in [-0.1, -0.05) is 60.7 Å². The molecule has 1 fully saturated rings. The normalized spacial score (nSPS) is 24.4. The summed E-state index contributed by atoms with van der Waals surface area (Å²) < 4.78 is 81.9. The largest absolute Gasteiger partial charge is 0.523 e. The van der Waals surface area contributed by atoms with Crippen molar-refractivity contribution in [1.82, 2.24) is 0 Å². The van der Waals surface area contributed by atoms with Gasteiger partial charge in [-0.25, -0.2) is 0 Å². The molecule has 0 radical (unpaired) electrons. The second-order valence-electron chi connectivity index (χ2n) is 6.79. The molecule has 11 heteroatoms. The predicted octanol–water partition coefficient (Wildman–Crippen LogP) is 2.74. The molecule has 1 aliphatic rings. The van der Waals surface area contributed by atoms with Crippen LogP contribution in [0.1, 0.15) is 11.1 Å². The smallest absolute Gasteiger partial charge is 0.374 e. The molecule has 0 spiro atoms. The fraction of sp³-hybridized carbons (Fsp3) is 0.400. The van der Waals surface area contributed by atoms with E-state index in [0.717, 1.165) is 5.56 Å². The summed E-state index contributed by atoms with van der Waals surface area (Å²) in [6.07, 6.45) is -6.26. The SMILES string of the molecule is O=S(=O)(O[C@@H]1C(O)O[C@H](COCc2ccccc2)[C@H]1OCc1ccccc1)C(F)(F)F. The van der Waals surface area contributed by atoms with Crippen molar-refractivity contribution in [3.63, 3.8) is 0 Å². The van der Waals surface area contributed by atoms with E-state index in [9.17, 15) is 26.7 Å². The first kappa shape index (κ1) is 23.6. The van der Waals surface area contributed by atoms with E-state index in [0.29, 0.717) is 5.56 Å². The lowest BCUT2D eigenvalue weighted by Gasteiger charge is -2.23. The fourth-order valence-electron chi connectivity index (χ4n) is 2.98. The Morgan fingerprint density at radius 1 is 0.903 bits per heavy atom. The van der Waals surface area contributed by atoms with Crippen molar-refractivity contribution in [3.8, 4) is 0 Å². The van der Waals surface area contributed by atoms with Gasteiger partial charge in [-0.05, 0) is 11.1 Å². The number of hydrogen-bond acceptors (Lipinski definition) is 7. The molecule has 0 aliphatic carbocycles. The van der Waals surface area contributed by atoms with Crippen molar-refractivity contribution < 1.29 is 45.1 Å². The van der Waals surface area contributed by atoms with Gasteiger partial charge < -0.3 is 19.3 Å². The number of aliphatic hydroxyl groups is 1. The van der Waals surface area contributed by atoms with E-state index >= 15 is 0 Å². The van der Waals surface area contributed by atoms with Gasteiger partial charge in [0.2, 0.25) is 0 Å². The van der Waals surface area contributed by atoms with Crippen LogP contribution in [0.15, 0.2) is 60.7 Å². The average molecular weight is 462 g/mol. The third-order valence-corrected chi connectivity index (χ3v) is 5.53. The summed E-state index contributed by atoms with van der Waals surface area (Å²) in [7, 11) is -5.98. The number of hydrogen-bond donors (Lipinski definition) is 1. The van der Waals surface area contributed by atoms with E-state index in [-0.39, 0.29) is 19.8 Å². The monoisotopic (exact) mass is 462 g/mol. The lowest BCUT2D eigenvalue weighted by atomic mass is 10.1. The molecule has 0 amide bonds. The predicted molar refractivity (Wildman–Crippen MR) is 102 cm³/mol. The molecule has 3 rings (SSSR count). The summed E-state index contributed by atoms with van der Waals surface area (Å²) in [5.74, 6) is 0. The summed E-state index contributed by atoms with van der Waals surface area (Å²) in [4.78, 5) is 0. The van der Waals surface area contributed by atoms with Gasteiger partial charge in [0.25, 0.3) is 0 Å². The third kappa shape index (κ3) is 6.25. The summed E-state index contributed by atoms with van der Waals surface area (Å²) in [5, 5.41) is 10.1. The molecule has 0 bridgehead atoms. The Morgan fingerprint density at radius 3 is 2.00 bits per heavy atom. The lowest BCUT2D eigenvalue weighted by molar-refractivity contribution is -0.136. The molecule has 2 aromatic carbocycles. The molecule has 0 saturated carbocycles. The molecule has 31 heavy (non-hydrogen) atoms. The minimum atomic E-state index is -5.98. The Hall–Kier alpha value is -2.02. The van der Waals surface area contributed by atoms with Crippen LogP contribution in [-0.2, 0) is 41.7 Å². The zero-order valence-electron chi connectivity index (χ0n) is 16.1. The molecule has 2 aromatic rings. The second kappa shape index (κ2) is 10.1. The molecular weight excluding hydrogens is 441 g/mol. The Balaban J connectivity index is 1.71. The Labute approximate surface area is 177 Å². The summed E-state index contributed by atoms with van der Waals surface area (Å²) in [6.45, 7) is -0.0609. The Morgan fingerprint density at radius 2 is 1.45 bits per heavy atom. The first-order valence-electron chi connectivity index (χ1n) is 9.27. The summed E-state index contributed by atoms with van der Waals surface area (Å²) >= 11 is 0. The molecule has 170 valence electrons. The van der Waals surface area contributed by atoms with Crippen LogP contribution < -0.4 is 0 Å². The van der Waals surface area contributed by atoms with E-state index in [1.807, 2.05) is 30.3 Å². The van der Waals surface area contributed by atoms with Crippen molar-refractivity contribution in [2.45, 2.75) is 43.3 Å². The standard InChI is InChI=1S/C20H21F3O7S/c21-20(22,23)31(25,26)30-18-17(28-12-15-9-5-2-6-10-15)16(29-19(18)24)13-27-11-14-7-3-1-4-8-14/h1-10,16-19,24H,11-13H2/t16-,17-,18+,19?/m1/s1. The van der Waals surface area contributed by atoms with Crippen molar-refractivity contribution in [2.24, 2.45) is 0 Å². The Kier molecular flexibility index (Phi) is 7.68. The van der Waals surface area contributed by atoms with Crippen LogP contribution in [-0.4, -0.2) is 50.2 Å². The average Bonchev–Trinajstić information content (AvgIpc) is 3.01. The summed E-state index contributed by atoms with van der Waals surface area (Å²) in [6, 6.07) is 17.8. The fourth-order valence-corrected chi connectivity index (χ4v) is 3.59. The highest BCUT2D eigenvalue weighted by Crippen LogP contribution is 2.33. The second-order valence-corrected chi connectivity index (χ2v) is 8.35. The first-order valence-corrected chi connectivity index (χ1v) is 10.7. The molecular formula is C20H21F3O7S. The molecule has 0 aromatic heterocycles. The van der Waals surface area contributed by atoms with Gasteiger partial charge >= 0.3 is 15.6 Å². The Bertz CT molecular complexity index is 923. The number of aliphatic hydroxyl groups excluding tert-OH is 1. The van der Waals surface area contributed by atoms with Crippen molar-refractivity contribution in [1.29, 1.82) is 0 Å². The van der Waals surface area contributed by atoms with Gasteiger partial charge in [0, 0.05) is 0 Å². The lowest BCUT2D eigenvalue weighted by Crippen LogP contribution is -2.42. The number of alkyl halides is 3. The molecule has 1 heterocycles. The van der Waals surface area contributed by atoms with Crippen LogP contribution in [0.4, 0.5) is 13.2 Å². The van der Waals surface area contributed by atoms with Gasteiger partial charge in [0.1, 0.15) is 12.2 Å². The van der Waals surface area contributed by atoms with Crippen molar-refractivity contribution >= 4 is 10.1 Å². The van der Waals surface area contributed by atoms with E-state index in [2.05, 4.69) is 4.18 Å². The number of halogens is 3. The highest BCUT2D eigenvalue weighted by Gasteiger charge is 2.54. The molecule has 1 N–H and O–H groups in total. The maximum absolute atomic E-state index is 12.8. The summed E-state index contributed by atoms with van der Waals surface area (Å²) in [5.41, 5.74) is -4.13. The molecule has 1 saturated heterocycles. The quantitative estimate of drug-likeness (QED) is 0.453. The van der Waals surface area contributed by atoms with E-state index in [4.69, 9.17) is 14.2 Å². The van der Waals surface area contributed by atoms with Crippen LogP contribution >= 0.6 is 0 Å². The minimum absolute atomic E-state index is 0.0668. The maximum Gasteiger partial charge on any atom is 0.523 e.